The van der Waals surface area contributed by atoms with E-state index in [1.54, 1.807) is 0 Å². The van der Waals surface area contributed by atoms with E-state index in [0.717, 1.165) is 0 Å². The Bertz CT molecular complexity index is 10.8. The molecule has 0 aliphatic rings. The van der Waals surface area contributed by atoms with Crippen molar-refractivity contribution < 1.29 is 20.4 Å². The Morgan fingerprint density at radius 1 is 1.25 bits per heavy atom. The number of nitrogens with zero attached hydrogens (tertiary/aromatic N) is 1. The Morgan fingerprint density at radius 3 is 1.25 bits per heavy atom. The normalized spacial score (nSPS) is 0.500. The van der Waals surface area contributed by atoms with Gasteiger partial charge in [-0.15, -0.1) is 0 Å². The minimum Gasteiger partial charge on any atom is -0.512 e. The van der Waals surface area contributed by atoms with Gasteiger partial charge in [-0.25, -0.2) is 0 Å². The molecule has 0 aromatic heterocycles. The molecule has 0 aromatic carbocycles. The van der Waals surface area contributed by atoms with Gasteiger partial charge in [0.25, 0.3) is 0 Å². The topological polar surface area (TPSA) is 23.8 Å². The molecule has 0 saturated heterocycles. The Kier molecular flexibility index (Phi) is 4890. The van der Waals surface area contributed by atoms with E-state index < -0.39 is 0 Å². The van der Waals surface area contributed by atoms with Gasteiger partial charge in [0.15, 0.2) is 0 Å². The van der Waals surface area contributed by atoms with Crippen LogP contribution in [0.5, 0.6) is 0 Å². The van der Waals surface area contributed by atoms with Gasteiger partial charge >= 0.3 is 20.4 Å². The summed E-state index contributed by atoms with van der Waals surface area (Å²) in [5.74, 6) is 0. The second kappa shape index (κ2) is 629. The number of rotatable bonds is 0. The summed E-state index contributed by atoms with van der Waals surface area (Å²) in [5, 5.41) is 6.25. The maximum absolute atomic E-state index is 6.25. The first kappa shape index (κ1) is 31.1. The van der Waals surface area contributed by atoms with Crippen molar-refractivity contribution in [3.05, 3.63) is 14.0 Å². The first-order chi connectivity index (χ1) is 1.00. The van der Waals surface area contributed by atoms with Crippen LogP contribution in [0.3, 0.4) is 0 Å². The van der Waals surface area contributed by atoms with Crippen LogP contribution >= 0.6 is 0 Å². The molecule has 4 heavy (non-hydrogen) atoms. The van der Waals surface area contributed by atoms with Gasteiger partial charge < -0.3 is 19.3 Å². The molecule has 0 saturated carbocycles. The van der Waals surface area contributed by atoms with Crippen molar-refractivity contribution in [1.82, 2.24) is 0 Å². The van der Waals surface area contributed by atoms with Gasteiger partial charge in [0.1, 0.15) is 0 Å². The Balaban J connectivity index is -0.00000000500. The molecule has 1 nitrogen and oxygen atoms in total. The van der Waals surface area contributed by atoms with Crippen LogP contribution in [0.1, 0.15) is 0 Å². The quantitative estimate of drug-likeness (QED) is 0.363. The fourth-order valence-corrected chi connectivity index (χ4v) is 0. The molecule has 0 amide bonds. The molecule has 0 aliphatic heterocycles. The largest absolute Gasteiger partial charge is 2.00 e. The second-order valence-electron chi connectivity index (χ2n) is 0. The van der Waals surface area contributed by atoms with Crippen LogP contribution in [-0.4, -0.2) is 0 Å². The van der Waals surface area contributed by atoms with Crippen LogP contribution in [-0.2, 0) is 20.4 Å². The van der Waals surface area contributed by atoms with E-state index in [1.807, 2.05) is 0 Å². The molecular weight excluding hydrogens is 144 g/mol. The molecule has 0 bridgehead atoms. The fourth-order valence-electron chi connectivity index (χ4n) is 0. The summed E-state index contributed by atoms with van der Waals surface area (Å²) in [7, 11) is 0. The monoisotopic (exact) mass is 147 g/mol. The Labute approximate surface area is 40.3 Å². The third-order valence-corrected chi connectivity index (χ3v) is 0. The summed E-state index contributed by atoms with van der Waals surface area (Å²) in [5.41, 5.74) is 0. The molecule has 0 atom stereocenters. The summed E-state index contributed by atoms with van der Waals surface area (Å²) in [4.78, 5) is 0. The molecule has 0 N–H and O–H groups in total. The standard InChI is InChI=1S/CN.CH3.Pd/c1-2;;/h;1H3;/q2*-1;+2. The summed E-state index contributed by atoms with van der Waals surface area (Å²) in [6.07, 6.45) is 0. The second-order valence-corrected chi connectivity index (χ2v) is 0. The molecule has 0 radical (unpaired) electrons. The van der Waals surface area contributed by atoms with E-state index in [2.05, 4.69) is 0 Å². The third kappa shape index (κ3) is 123. The van der Waals surface area contributed by atoms with Gasteiger partial charge in [-0.05, 0) is 0 Å². The average molecular weight is 147 g/mol. The van der Waals surface area contributed by atoms with Crippen LogP contribution in [0, 0.1) is 19.3 Å². The Morgan fingerprint density at radius 2 is 1.25 bits per heavy atom. The first-order valence-corrected chi connectivity index (χ1v) is 0.224. The SMILES string of the molecule is [C-]#N.[CH3-].[Pd+2]. The number of hydrogen-bond acceptors (Lipinski definition) is 1. The molecule has 2 heteroatoms. The molecule has 0 unspecified atom stereocenters. The predicted octanol–water partition coefficient (Wildman–Crippen LogP) is 0.544. The predicted molar refractivity (Wildman–Crippen MR) is 11.4 cm³/mol. The number of hydrogen-bond donors (Lipinski definition) is 0. The zero-order chi connectivity index (χ0) is 2.00. The molecule has 0 rings (SSSR count). The molecular formula is C2H3NPd. The molecule has 0 aromatic rings. The van der Waals surface area contributed by atoms with Crippen LogP contribution in [0.25, 0.3) is 0 Å². The van der Waals surface area contributed by atoms with E-state index in [1.165, 1.54) is 0 Å². The summed E-state index contributed by atoms with van der Waals surface area (Å²) in [6, 6.07) is 0. The summed E-state index contributed by atoms with van der Waals surface area (Å²) < 4.78 is 0. The van der Waals surface area contributed by atoms with Crippen molar-refractivity contribution in [1.29, 1.82) is 5.26 Å². The maximum atomic E-state index is 6.25. The molecule has 0 spiro atoms. The van der Waals surface area contributed by atoms with Crippen LogP contribution in [0.15, 0.2) is 0 Å². The first-order valence-electron chi connectivity index (χ1n) is 0.224. The van der Waals surface area contributed by atoms with Gasteiger partial charge in [-0.2, -0.15) is 0 Å². The summed E-state index contributed by atoms with van der Waals surface area (Å²) >= 11 is 0. The minimum atomic E-state index is 0. The van der Waals surface area contributed by atoms with Gasteiger partial charge in [0.05, 0.1) is 0 Å². The zero-order valence-electron chi connectivity index (χ0n) is 2.26. The van der Waals surface area contributed by atoms with Crippen molar-refractivity contribution in [2.24, 2.45) is 0 Å². The van der Waals surface area contributed by atoms with E-state index in [0.29, 0.717) is 0 Å². The van der Waals surface area contributed by atoms with Crippen LogP contribution in [0.2, 0.25) is 0 Å². The summed E-state index contributed by atoms with van der Waals surface area (Å²) in [6.45, 7) is 4.75. The van der Waals surface area contributed by atoms with Crippen molar-refractivity contribution in [3.63, 3.8) is 0 Å². The van der Waals surface area contributed by atoms with Crippen molar-refractivity contribution >= 4 is 0 Å². The van der Waals surface area contributed by atoms with Crippen LogP contribution < -0.4 is 0 Å². The maximum Gasteiger partial charge on any atom is 2.00 e. The van der Waals surface area contributed by atoms with E-state index in [4.69, 9.17) is 11.8 Å². The van der Waals surface area contributed by atoms with Crippen molar-refractivity contribution in [2.45, 2.75) is 0 Å². The third-order valence-electron chi connectivity index (χ3n) is 0. The molecule has 0 aliphatic carbocycles. The minimum absolute atomic E-state index is 0. The smallest absolute Gasteiger partial charge is 0.512 e. The van der Waals surface area contributed by atoms with Gasteiger partial charge in [-0.1, -0.05) is 0 Å². The van der Waals surface area contributed by atoms with E-state index in [9.17, 15) is 0 Å². The van der Waals surface area contributed by atoms with Crippen molar-refractivity contribution in [3.8, 4) is 0 Å². The zero-order valence-corrected chi connectivity index (χ0v) is 3.82. The average Bonchev–Trinajstić information content (AvgIpc) is 1.00. The fraction of sp³-hybridized carbons (Fsp3) is 0. The van der Waals surface area contributed by atoms with E-state index >= 15 is 0 Å². The Hall–Kier alpha value is 0.152. The van der Waals surface area contributed by atoms with Crippen LogP contribution in [0.4, 0.5) is 0 Å². The van der Waals surface area contributed by atoms with Gasteiger partial charge in [0.2, 0.25) is 0 Å². The molecule has 0 heterocycles. The van der Waals surface area contributed by atoms with Gasteiger partial charge in [0, 0.05) is 0 Å². The molecule has 0 fully saturated rings. The van der Waals surface area contributed by atoms with Crippen molar-refractivity contribution in [2.75, 3.05) is 0 Å². The van der Waals surface area contributed by atoms with E-state index in [-0.39, 0.29) is 27.8 Å². The molecule has 26 valence electrons. The van der Waals surface area contributed by atoms with Gasteiger partial charge in [-0.3, -0.25) is 0 Å².